The van der Waals surface area contributed by atoms with Crippen molar-refractivity contribution >= 4 is 33.2 Å². The molecule has 0 bridgehead atoms. The Morgan fingerprint density at radius 1 is 0.489 bits per heavy atom. The van der Waals surface area contributed by atoms with Crippen molar-refractivity contribution in [3.63, 3.8) is 0 Å². The number of benzene rings is 6. The second-order valence-electron chi connectivity index (χ2n) is 12.0. The predicted octanol–water partition coefficient (Wildman–Crippen LogP) is 9.74. The molecule has 1 unspecified atom stereocenters. The molecule has 6 aromatic carbocycles. The van der Waals surface area contributed by atoms with Gasteiger partial charge in [-0.05, 0) is 35.7 Å². The lowest BCUT2D eigenvalue weighted by molar-refractivity contribution is 0.794. The van der Waals surface area contributed by atoms with Gasteiger partial charge in [0.15, 0.2) is 11.6 Å². The van der Waals surface area contributed by atoms with Crippen molar-refractivity contribution in [2.24, 2.45) is 4.99 Å². The Morgan fingerprint density at radius 2 is 1.02 bits per heavy atom. The summed E-state index contributed by atoms with van der Waals surface area (Å²) in [7, 11) is 0. The van der Waals surface area contributed by atoms with E-state index in [0.29, 0.717) is 17.6 Å². The van der Waals surface area contributed by atoms with Crippen LogP contribution in [0.1, 0.15) is 23.6 Å². The molecule has 0 saturated heterocycles. The van der Waals surface area contributed by atoms with Crippen LogP contribution in [0.3, 0.4) is 0 Å². The minimum atomic E-state index is -0.441. The highest BCUT2D eigenvalue weighted by Gasteiger charge is 2.42. The van der Waals surface area contributed by atoms with Crippen molar-refractivity contribution in [3.8, 4) is 28.7 Å². The topological polar surface area (TPSA) is 56.0 Å². The van der Waals surface area contributed by atoms with E-state index in [9.17, 15) is 0 Å². The molecule has 0 saturated carbocycles. The van der Waals surface area contributed by atoms with E-state index in [2.05, 4.69) is 109 Å². The fraction of sp³-hybridized carbons (Fsp3) is 0.0476. The van der Waals surface area contributed by atoms with Crippen molar-refractivity contribution in [1.82, 2.24) is 19.5 Å². The molecule has 0 fully saturated rings. The standard InChI is InChI=1S/C42H29N5/c1-42(31-22-12-5-13-23-31)33-26-27-35-36(37(33)43-38(42)28-16-6-2-7-17-28)32-24-14-15-25-34(32)47(35)41-45-39(29-18-8-3-9-19-29)44-40(46-41)30-20-10-4-11-21-30/h2-27H,1H3. The molecule has 222 valence electrons. The number of nitrogens with zero attached hydrogens (tertiary/aromatic N) is 5. The minimum absolute atomic E-state index is 0.441. The van der Waals surface area contributed by atoms with Gasteiger partial charge in [-0.15, -0.1) is 0 Å². The molecule has 0 aliphatic carbocycles. The second-order valence-corrected chi connectivity index (χ2v) is 12.0. The third-order valence-corrected chi connectivity index (χ3v) is 9.33. The first-order valence-corrected chi connectivity index (χ1v) is 15.8. The Morgan fingerprint density at radius 3 is 1.64 bits per heavy atom. The number of aromatic nitrogens is 4. The fourth-order valence-corrected chi connectivity index (χ4v) is 7.04. The molecule has 47 heavy (non-hydrogen) atoms. The lowest BCUT2D eigenvalue weighted by atomic mass is 9.71. The highest BCUT2D eigenvalue weighted by Crippen LogP contribution is 2.51. The van der Waals surface area contributed by atoms with E-state index in [4.69, 9.17) is 19.9 Å². The van der Waals surface area contributed by atoms with E-state index < -0.39 is 5.41 Å². The number of rotatable bonds is 5. The Bertz CT molecular complexity index is 2390. The normalized spacial score (nSPS) is 15.6. The molecule has 9 rings (SSSR count). The SMILES string of the molecule is CC1(c2ccccc2)C(c2ccccc2)=Nc2c1ccc1c2c2ccccc2n1-c1nc(-c2ccccc2)nc(-c2ccccc2)n1. The number of para-hydroxylation sites is 1. The summed E-state index contributed by atoms with van der Waals surface area (Å²) >= 11 is 0. The molecule has 1 atom stereocenters. The zero-order chi connectivity index (χ0) is 31.4. The fourth-order valence-electron chi connectivity index (χ4n) is 7.04. The predicted molar refractivity (Wildman–Crippen MR) is 191 cm³/mol. The van der Waals surface area contributed by atoms with Gasteiger partial charge in [0, 0.05) is 21.9 Å². The molecule has 0 amide bonds. The average Bonchev–Trinajstić information content (AvgIpc) is 3.65. The maximum atomic E-state index is 5.52. The molecular formula is C42H29N5. The first-order chi connectivity index (χ1) is 23.2. The van der Waals surface area contributed by atoms with Crippen LogP contribution in [0.15, 0.2) is 163 Å². The molecule has 8 aromatic rings. The molecule has 0 N–H and O–H groups in total. The molecular weight excluding hydrogens is 574 g/mol. The second kappa shape index (κ2) is 10.7. The molecule has 5 nitrogen and oxygen atoms in total. The van der Waals surface area contributed by atoms with Gasteiger partial charge < -0.3 is 0 Å². The minimum Gasteiger partial charge on any atom is -0.278 e. The summed E-state index contributed by atoms with van der Waals surface area (Å²) in [4.78, 5) is 20.7. The van der Waals surface area contributed by atoms with Crippen LogP contribution in [0, 0.1) is 0 Å². The van der Waals surface area contributed by atoms with Crippen LogP contribution in [-0.2, 0) is 5.41 Å². The van der Waals surface area contributed by atoms with Crippen molar-refractivity contribution in [3.05, 3.63) is 174 Å². The molecule has 1 aliphatic rings. The largest absolute Gasteiger partial charge is 0.278 e. The van der Waals surface area contributed by atoms with Crippen LogP contribution in [-0.4, -0.2) is 25.2 Å². The van der Waals surface area contributed by atoms with Gasteiger partial charge in [-0.3, -0.25) is 9.56 Å². The van der Waals surface area contributed by atoms with Crippen LogP contribution < -0.4 is 0 Å². The zero-order valence-electron chi connectivity index (χ0n) is 25.7. The highest BCUT2D eigenvalue weighted by atomic mass is 15.2. The third-order valence-electron chi connectivity index (χ3n) is 9.33. The van der Waals surface area contributed by atoms with Gasteiger partial charge in [-0.1, -0.05) is 146 Å². The molecule has 2 aromatic heterocycles. The van der Waals surface area contributed by atoms with Crippen molar-refractivity contribution in [1.29, 1.82) is 0 Å². The van der Waals surface area contributed by atoms with Crippen molar-refractivity contribution < 1.29 is 0 Å². The molecule has 0 radical (unpaired) electrons. The van der Waals surface area contributed by atoms with E-state index in [-0.39, 0.29) is 0 Å². The quantitative estimate of drug-likeness (QED) is 0.197. The van der Waals surface area contributed by atoms with Crippen molar-refractivity contribution in [2.45, 2.75) is 12.3 Å². The Kier molecular flexibility index (Phi) is 6.18. The van der Waals surface area contributed by atoms with E-state index in [0.717, 1.165) is 49.9 Å². The highest BCUT2D eigenvalue weighted by molar-refractivity contribution is 6.22. The van der Waals surface area contributed by atoms with Gasteiger partial charge in [0.05, 0.1) is 27.8 Å². The summed E-state index contributed by atoms with van der Waals surface area (Å²) in [5.41, 5.74) is 8.99. The number of fused-ring (bicyclic) bond motifs is 5. The lowest BCUT2D eigenvalue weighted by Crippen LogP contribution is -2.31. The lowest BCUT2D eigenvalue weighted by Gasteiger charge is -2.29. The van der Waals surface area contributed by atoms with Gasteiger partial charge in [0.25, 0.3) is 0 Å². The molecule has 3 heterocycles. The Hall–Kier alpha value is -6.20. The first kappa shape index (κ1) is 27.1. The van der Waals surface area contributed by atoms with E-state index >= 15 is 0 Å². The number of aliphatic imine (C=N–C) groups is 1. The van der Waals surface area contributed by atoms with Gasteiger partial charge in [0.1, 0.15) is 0 Å². The summed E-state index contributed by atoms with van der Waals surface area (Å²) in [5, 5.41) is 2.20. The maximum Gasteiger partial charge on any atom is 0.238 e. The van der Waals surface area contributed by atoms with E-state index in [1.54, 1.807) is 0 Å². The number of hydrogen-bond donors (Lipinski definition) is 0. The van der Waals surface area contributed by atoms with E-state index in [1.165, 1.54) is 11.1 Å². The summed E-state index contributed by atoms with van der Waals surface area (Å²) in [5.74, 6) is 1.82. The van der Waals surface area contributed by atoms with Crippen LogP contribution in [0.25, 0.3) is 50.5 Å². The monoisotopic (exact) mass is 603 g/mol. The summed E-state index contributed by atoms with van der Waals surface area (Å²) < 4.78 is 2.17. The molecule has 1 aliphatic heterocycles. The Labute approximate surface area is 272 Å². The van der Waals surface area contributed by atoms with Crippen LogP contribution in [0.2, 0.25) is 0 Å². The summed E-state index contributed by atoms with van der Waals surface area (Å²) in [6, 6.07) is 54.4. The molecule has 0 spiro atoms. The van der Waals surface area contributed by atoms with Crippen molar-refractivity contribution in [2.75, 3.05) is 0 Å². The van der Waals surface area contributed by atoms with Gasteiger partial charge in [-0.2, -0.15) is 9.97 Å². The van der Waals surface area contributed by atoms with Gasteiger partial charge >= 0.3 is 0 Å². The molecule has 5 heteroatoms. The van der Waals surface area contributed by atoms with E-state index in [1.807, 2.05) is 60.7 Å². The maximum absolute atomic E-state index is 5.52. The van der Waals surface area contributed by atoms with Gasteiger partial charge in [0.2, 0.25) is 5.95 Å². The number of hydrogen-bond acceptors (Lipinski definition) is 4. The van der Waals surface area contributed by atoms with Gasteiger partial charge in [-0.25, -0.2) is 4.98 Å². The smallest absolute Gasteiger partial charge is 0.238 e. The Balaban J connectivity index is 1.36. The van der Waals surface area contributed by atoms with Crippen LogP contribution in [0.5, 0.6) is 0 Å². The zero-order valence-corrected chi connectivity index (χ0v) is 25.7. The first-order valence-electron chi connectivity index (χ1n) is 15.8. The summed E-state index contributed by atoms with van der Waals surface area (Å²) in [6.45, 7) is 2.30. The van der Waals surface area contributed by atoms with Crippen LogP contribution >= 0.6 is 0 Å². The third kappa shape index (κ3) is 4.24. The summed E-state index contributed by atoms with van der Waals surface area (Å²) in [6.07, 6.45) is 0. The van der Waals surface area contributed by atoms with Crippen LogP contribution in [0.4, 0.5) is 5.69 Å². The average molecular weight is 604 g/mol.